The quantitative estimate of drug-likeness (QED) is 0.876. The number of methoxy groups -OCH3 is 1. The van der Waals surface area contributed by atoms with Crippen molar-refractivity contribution < 1.29 is 19.2 Å². The van der Waals surface area contributed by atoms with Crippen molar-refractivity contribution in [1.82, 2.24) is 15.5 Å². The van der Waals surface area contributed by atoms with Crippen LogP contribution in [0, 0.1) is 0 Å². The second-order valence-corrected chi connectivity index (χ2v) is 3.86. The Bertz CT molecular complexity index is 582. The topological polar surface area (TPSA) is 97.5 Å². The monoisotopic (exact) mass is 263 g/mol. The number of hydrogen-bond acceptors (Lipinski definition) is 5. The predicted molar refractivity (Wildman–Crippen MR) is 65.9 cm³/mol. The average Bonchev–Trinajstić information content (AvgIpc) is 2.88. The van der Waals surface area contributed by atoms with E-state index in [1.165, 1.54) is 0 Å². The molecule has 0 saturated carbocycles. The van der Waals surface area contributed by atoms with Crippen LogP contribution >= 0.6 is 0 Å². The van der Waals surface area contributed by atoms with Gasteiger partial charge in [-0.1, -0.05) is 17.3 Å². The zero-order chi connectivity index (χ0) is 13.8. The molecule has 0 aliphatic heterocycles. The Morgan fingerprint density at radius 2 is 2.32 bits per heavy atom. The molecule has 0 aliphatic carbocycles. The maximum Gasteiger partial charge on any atom is 0.405 e. The first kappa shape index (κ1) is 12.9. The van der Waals surface area contributed by atoms with Crippen LogP contribution in [0.4, 0.5) is 4.79 Å². The van der Waals surface area contributed by atoms with E-state index in [0.717, 1.165) is 5.56 Å². The maximum absolute atomic E-state index is 10.5. The normalized spacial score (nSPS) is 11.9. The van der Waals surface area contributed by atoms with Gasteiger partial charge >= 0.3 is 6.09 Å². The van der Waals surface area contributed by atoms with E-state index in [9.17, 15) is 4.79 Å². The number of nitrogens with one attached hydrogen (secondary N) is 1. The summed E-state index contributed by atoms with van der Waals surface area (Å²) in [6.07, 6.45) is -1.14. The third-order valence-electron chi connectivity index (χ3n) is 2.48. The van der Waals surface area contributed by atoms with E-state index in [2.05, 4.69) is 15.5 Å². The molecule has 1 unspecified atom stereocenters. The Balaban J connectivity index is 2.22. The highest BCUT2D eigenvalue weighted by atomic mass is 16.5. The van der Waals surface area contributed by atoms with Gasteiger partial charge in [0, 0.05) is 5.56 Å². The van der Waals surface area contributed by atoms with E-state index < -0.39 is 12.1 Å². The number of carbonyl (C=O) groups is 1. The molecule has 1 heterocycles. The van der Waals surface area contributed by atoms with Crippen LogP contribution in [-0.4, -0.2) is 28.5 Å². The summed E-state index contributed by atoms with van der Waals surface area (Å²) in [5.41, 5.74) is 0.733. The molecule has 2 N–H and O–H groups in total. The lowest BCUT2D eigenvalue weighted by Gasteiger charge is -2.04. The van der Waals surface area contributed by atoms with Crippen LogP contribution in [-0.2, 0) is 0 Å². The molecule has 7 nitrogen and oxygen atoms in total. The Kier molecular flexibility index (Phi) is 3.65. The van der Waals surface area contributed by atoms with Crippen molar-refractivity contribution in [1.29, 1.82) is 0 Å². The number of nitrogens with zero attached hydrogens (tertiary/aromatic N) is 2. The van der Waals surface area contributed by atoms with Crippen molar-refractivity contribution in [2.75, 3.05) is 7.11 Å². The van der Waals surface area contributed by atoms with Gasteiger partial charge in [0.25, 0.3) is 0 Å². The molecule has 0 spiro atoms. The number of benzene rings is 1. The zero-order valence-electron chi connectivity index (χ0n) is 10.5. The molecule has 0 saturated heterocycles. The summed E-state index contributed by atoms with van der Waals surface area (Å²) >= 11 is 0. The van der Waals surface area contributed by atoms with E-state index in [1.807, 2.05) is 12.1 Å². The van der Waals surface area contributed by atoms with E-state index in [1.54, 1.807) is 26.2 Å². The van der Waals surface area contributed by atoms with Gasteiger partial charge in [0.05, 0.1) is 7.11 Å². The summed E-state index contributed by atoms with van der Waals surface area (Å²) in [7, 11) is 1.57. The van der Waals surface area contributed by atoms with Crippen LogP contribution < -0.4 is 10.1 Å². The molecule has 19 heavy (non-hydrogen) atoms. The van der Waals surface area contributed by atoms with E-state index in [4.69, 9.17) is 14.4 Å². The third-order valence-corrected chi connectivity index (χ3v) is 2.48. The van der Waals surface area contributed by atoms with Crippen molar-refractivity contribution in [3.8, 4) is 17.1 Å². The molecule has 2 aromatic rings. The molecule has 0 bridgehead atoms. The first-order chi connectivity index (χ1) is 9.10. The van der Waals surface area contributed by atoms with Gasteiger partial charge in [-0.3, -0.25) is 0 Å². The summed E-state index contributed by atoms with van der Waals surface area (Å²) < 4.78 is 10.1. The lowest BCUT2D eigenvalue weighted by atomic mass is 10.2. The number of ether oxygens (including phenoxy) is 1. The van der Waals surface area contributed by atoms with Crippen LogP contribution in [0.3, 0.4) is 0 Å². The van der Waals surface area contributed by atoms with Gasteiger partial charge in [-0.25, -0.2) is 4.79 Å². The summed E-state index contributed by atoms with van der Waals surface area (Å²) in [6, 6.07) is 6.63. The van der Waals surface area contributed by atoms with E-state index in [0.29, 0.717) is 11.6 Å². The molecule has 7 heteroatoms. The molecule has 0 radical (unpaired) electrons. The summed E-state index contributed by atoms with van der Waals surface area (Å²) in [5, 5.41) is 14.7. The minimum absolute atomic E-state index is 0.209. The number of carboxylic acid groups (broad SMARTS) is 1. The molecule has 1 aromatic heterocycles. The fourth-order valence-corrected chi connectivity index (χ4v) is 1.54. The largest absolute Gasteiger partial charge is 0.497 e. The Morgan fingerprint density at radius 3 is 3.00 bits per heavy atom. The Labute approximate surface area is 109 Å². The predicted octanol–water partition coefficient (Wildman–Crippen LogP) is 2.07. The SMILES string of the molecule is COc1cccc(-c2noc(C(C)NC(=O)O)n2)c1. The summed E-state index contributed by atoms with van der Waals surface area (Å²) in [5.74, 6) is 1.27. The molecule has 0 fully saturated rings. The molecular weight excluding hydrogens is 250 g/mol. The number of rotatable bonds is 4. The highest BCUT2D eigenvalue weighted by molar-refractivity contribution is 5.65. The van der Waals surface area contributed by atoms with Gasteiger partial charge in [-0.2, -0.15) is 4.98 Å². The van der Waals surface area contributed by atoms with Crippen LogP contribution in [0.5, 0.6) is 5.75 Å². The molecule has 1 aromatic carbocycles. The van der Waals surface area contributed by atoms with Gasteiger partial charge in [0.15, 0.2) is 0 Å². The van der Waals surface area contributed by atoms with E-state index in [-0.39, 0.29) is 5.89 Å². The zero-order valence-corrected chi connectivity index (χ0v) is 10.5. The fourth-order valence-electron chi connectivity index (χ4n) is 1.54. The van der Waals surface area contributed by atoms with Crippen molar-refractivity contribution in [2.24, 2.45) is 0 Å². The fraction of sp³-hybridized carbons (Fsp3) is 0.250. The van der Waals surface area contributed by atoms with Crippen molar-refractivity contribution in [3.63, 3.8) is 0 Å². The highest BCUT2D eigenvalue weighted by Crippen LogP contribution is 2.22. The number of aromatic nitrogens is 2. The smallest absolute Gasteiger partial charge is 0.405 e. The first-order valence-corrected chi connectivity index (χ1v) is 5.57. The van der Waals surface area contributed by atoms with Crippen molar-refractivity contribution >= 4 is 6.09 Å². The highest BCUT2D eigenvalue weighted by Gasteiger charge is 2.16. The molecule has 100 valence electrons. The van der Waals surface area contributed by atoms with Gasteiger partial charge in [0.1, 0.15) is 11.8 Å². The molecule has 1 atom stereocenters. The van der Waals surface area contributed by atoms with Gasteiger partial charge in [-0.15, -0.1) is 0 Å². The lowest BCUT2D eigenvalue weighted by molar-refractivity contribution is 0.187. The summed E-state index contributed by atoms with van der Waals surface area (Å²) in [6.45, 7) is 1.62. The van der Waals surface area contributed by atoms with Crippen molar-refractivity contribution in [3.05, 3.63) is 30.2 Å². The van der Waals surface area contributed by atoms with Crippen molar-refractivity contribution in [2.45, 2.75) is 13.0 Å². The lowest BCUT2D eigenvalue weighted by Crippen LogP contribution is -2.24. The average molecular weight is 263 g/mol. The number of hydrogen-bond donors (Lipinski definition) is 2. The van der Waals surface area contributed by atoms with Gasteiger partial charge in [-0.05, 0) is 19.1 Å². The van der Waals surface area contributed by atoms with Gasteiger partial charge < -0.3 is 19.7 Å². The minimum Gasteiger partial charge on any atom is -0.497 e. The third kappa shape index (κ3) is 3.01. The van der Waals surface area contributed by atoms with E-state index >= 15 is 0 Å². The number of amides is 1. The Morgan fingerprint density at radius 1 is 1.53 bits per heavy atom. The minimum atomic E-state index is -1.14. The van der Waals surface area contributed by atoms with Crippen LogP contribution in [0.15, 0.2) is 28.8 Å². The summed E-state index contributed by atoms with van der Waals surface area (Å²) in [4.78, 5) is 14.7. The second-order valence-electron chi connectivity index (χ2n) is 3.86. The van der Waals surface area contributed by atoms with Crippen LogP contribution in [0.25, 0.3) is 11.4 Å². The molecule has 1 amide bonds. The molecule has 2 rings (SSSR count). The van der Waals surface area contributed by atoms with Crippen LogP contribution in [0.2, 0.25) is 0 Å². The first-order valence-electron chi connectivity index (χ1n) is 5.57. The molecule has 0 aliphatic rings. The maximum atomic E-state index is 10.5. The van der Waals surface area contributed by atoms with Crippen LogP contribution in [0.1, 0.15) is 18.9 Å². The molecular formula is C12H13N3O4. The second kappa shape index (κ2) is 5.38. The van der Waals surface area contributed by atoms with Gasteiger partial charge in [0.2, 0.25) is 11.7 Å². The standard InChI is InChI=1S/C12H13N3O4/c1-7(13-12(16)17)11-14-10(15-19-11)8-4-3-5-9(6-8)18-2/h3-7,13H,1-2H3,(H,16,17). The Hall–Kier alpha value is -2.57.